The van der Waals surface area contributed by atoms with Crippen molar-refractivity contribution in [1.82, 2.24) is 0 Å². The Balaban J connectivity index is 2.07. The number of amides is 1. The Morgan fingerprint density at radius 2 is 1.81 bits per heavy atom. The van der Waals surface area contributed by atoms with Crippen LogP contribution in [0, 0.1) is 0 Å². The van der Waals surface area contributed by atoms with Crippen molar-refractivity contribution in [3.8, 4) is 5.75 Å². The lowest BCUT2D eigenvalue weighted by Gasteiger charge is -2.08. The minimum atomic E-state index is -0.263. The largest absolute Gasteiger partial charge is 0.507 e. The molecule has 0 aliphatic rings. The third-order valence-electron chi connectivity index (χ3n) is 2.94. The van der Waals surface area contributed by atoms with E-state index >= 15 is 0 Å². The van der Waals surface area contributed by atoms with Crippen molar-refractivity contribution in [3.05, 3.63) is 58.6 Å². The van der Waals surface area contributed by atoms with Crippen LogP contribution in [-0.2, 0) is 11.2 Å². The van der Waals surface area contributed by atoms with Gasteiger partial charge < -0.3 is 10.4 Å². The number of aromatic hydroxyl groups is 1. The van der Waals surface area contributed by atoms with E-state index in [1.54, 1.807) is 30.3 Å². The molecule has 0 aliphatic heterocycles. The first-order valence-corrected chi connectivity index (χ1v) is 6.72. The number of nitrogens with one attached hydrogen (secondary N) is 1. The maximum atomic E-state index is 11.9. The molecule has 108 valence electrons. The van der Waals surface area contributed by atoms with Gasteiger partial charge in [-0.1, -0.05) is 23.7 Å². The lowest BCUT2D eigenvalue weighted by atomic mass is 10.1. The third-order valence-corrected chi connectivity index (χ3v) is 3.19. The van der Waals surface area contributed by atoms with Crippen LogP contribution < -0.4 is 5.32 Å². The van der Waals surface area contributed by atoms with Crippen LogP contribution in [0.2, 0.25) is 5.02 Å². The molecule has 0 spiro atoms. The number of rotatable bonds is 4. The molecule has 0 aromatic heterocycles. The molecule has 0 atom stereocenters. The molecule has 0 saturated carbocycles. The van der Waals surface area contributed by atoms with Crippen molar-refractivity contribution in [3.63, 3.8) is 0 Å². The number of carbonyl (C=O) groups excluding carboxylic acids is 2. The molecule has 0 unspecified atom stereocenters. The van der Waals surface area contributed by atoms with E-state index in [9.17, 15) is 14.7 Å². The van der Waals surface area contributed by atoms with Gasteiger partial charge in [0, 0.05) is 10.7 Å². The average Bonchev–Trinajstić information content (AvgIpc) is 2.43. The van der Waals surface area contributed by atoms with Crippen molar-refractivity contribution in [2.45, 2.75) is 13.3 Å². The van der Waals surface area contributed by atoms with Crippen molar-refractivity contribution >= 4 is 29.0 Å². The first kappa shape index (κ1) is 15.1. The van der Waals surface area contributed by atoms with Gasteiger partial charge in [-0.25, -0.2) is 0 Å². The molecule has 2 N–H and O–H groups in total. The molecule has 4 nitrogen and oxygen atoms in total. The number of carbonyl (C=O) groups is 2. The molecule has 5 heteroatoms. The van der Waals surface area contributed by atoms with E-state index in [0.29, 0.717) is 10.7 Å². The molecule has 0 saturated heterocycles. The highest BCUT2D eigenvalue weighted by Gasteiger charge is 2.09. The molecule has 0 aliphatic carbocycles. The normalized spacial score (nSPS) is 10.2. The highest BCUT2D eigenvalue weighted by atomic mass is 35.5. The molecule has 1 amide bonds. The van der Waals surface area contributed by atoms with Crippen molar-refractivity contribution in [2.24, 2.45) is 0 Å². The fraction of sp³-hybridized carbons (Fsp3) is 0.125. The van der Waals surface area contributed by atoms with Gasteiger partial charge in [-0.15, -0.1) is 0 Å². The molecule has 0 fully saturated rings. The maximum Gasteiger partial charge on any atom is 0.228 e. The highest BCUT2D eigenvalue weighted by molar-refractivity contribution is 6.30. The monoisotopic (exact) mass is 303 g/mol. The average molecular weight is 304 g/mol. The standard InChI is InChI=1S/C16H14ClNO3/c1-10(19)14-9-13(6-7-15(14)20)18-16(21)8-11-2-4-12(17)5-3-11/h2-7,9,20H,8H2,1H3,(H,18,21). The Bertz CT molecular complexity index is 680. The second-order valence-electron chi connectivity index (χ2n) is 4.64. The van der Waals surface area contributed by atoms with E-state index in [-0.39, 0.29) is 29.4 Å². The Morgan fingerprint density at radius 1 is 1.14 bits per heavy atom. The van der Waals surface area contributed by atoms with Gasteiger partial charge in [0.15, 0.2) is 5.78 Å². The number of phenols is 1. The minimum absolute atomic E-state index is 0.0989. The second kappa shape index (κ2) is 6.41. The fourth-order valence-electron chi connectivity index (χ4n) is 1.89. The molecule has 0 radical (unpaired) electrons. The number of hydrogen-bond donors (Lipinski definition) is 2. The Kier molecular flexibility index (Phi) is 4.60. The summed E-state index contributed by atoms with van der Waals surface area (Å²) < 4.78 is 0. The summed E-state index contributed by atoms with van der Waals surface area (Å²) in [5.74, 6) is -0.572. The first-order valence-electron chi connectivity index (χ1n) is 6.34. The van der Waals surface area contributed by atoms with Crippen LogP contribution in [0.5, 0.6) is 5.75 Å². The van der Waals surface area contributed by atoms with Gasteiger partial charge in [-0.2, -0.15) is 0 Å². The van der Waals surface area contributed by atoms with Crippen molar-refractivity contribution in [1.29, 1.82) is 0 Å². The summed E-state index contributed by atoms with van der Waals surface area (Å²) in [6.45, 7) is 1.36. The minimum Gasteiger partial charge on any atom is -0.507 e. The van der Waals surface area contributed by atoms with Gasteiger partial charge >= 0.3 is 0 Å². The molecule has 2 rings (SSSR count). The highest BCUT2D eigenvalue weighted by Crippen LogP contribution is 2.22. The molecular formula is C16H14ClNO3. The summed E-state index contributed by atoms with van der Waals surface area (Å²) in [6, 6.07) is 11.4. The number of anilines is 1. The molecule has 0 heterocycles. The summed E-state index contributed by atoms with van der Waals surface area (Å²) in [7, 11) is 0. The summed E-state index contributed by atoms with van der Waals surface area (Å²) in [4.78, 5) is 23.3. The zero-order valence-corrected chi connectivity index (χ0v) is 12.1. The van der Waals surface area contributed by atoms with E-state index in [0.717, 1.165) is 5.56 Å². The molecule has 0 bridgehead atoms. The van der Waals surface area contributed by atoms with Crippen LogP contribution in [-0.4, -0.2) is 16.8 Å². The van der Waals surface area contributed by atoms with Gasteiger partial charge in [0.2, 0.25) is 5.91 Å². The number of Topliss-reactive ketones (excluding diaryl/α,β-unsaturated/α-hetero) is 1. The van der Waals surface area contributed by atoms with E-state index in [2.05, 4.69) is 5.32 Å². The SMILES string of the molecule is CC(=O)c1cc(NC(=O)Cc2ccc(Cl)cc2)ccc1O. The lowest BCUT2D eigenvalue weighted by Crippen LogP contribution is -2.14. The van der Waals surface area contributed by atoms with Crippen molar-refractivity contribution in [2.75, 3.05) is 5.32 Å². The van der Waals surface area contributed by atoms with E-state index in [1.807, 2.05) is 0 Å². The van der Waals surface area contributed by atoms with Crippen LogP contribution in [0.25, 0.3) is 0 Å². The quantitative estimate of drug-likeness (QED) is 0.672. The predicted molar refractivity (Wildman–Crippen MR) is 81.9 cm³/mol. The van der Waals surface area contributed by atoms with Crippen LogP contribution in [0.3, 0.4) is 0 Å². The lowest BCUT2D eigenvalue weighted by molar-refractivity contribution is -0.115. The Morgan fingerprint density at radius 3 is 2.43 bits per heavy atom. The predicted octanol–water partition coefficient (Wildman–Crippen LogP) is 3.43. The van der Waals surface area contributed by atoms with Crippen molar-refractivity contribution < 1.29 is 14.7 Å². The first-order chi connectivity index (χ1) is 9.95. The fourth-order valence-corrected chi connectivity index (χ4v) is 2.01. The summed E-state index contributed by atoms with van der Waals surface area (Å²) in [5.41, 5.74) is 1.48. The van der Waals surface area contributed by atoms with Crippen LogP contribution in [0.4, 0.5) is 5.69 Å². The second-order valence-corrected chi connectivity index (χ2v) is 5.08. The molecule has 2 aromatic rings. The molecule has 2 aromatic carbocycles. The number of benzene rings is 2. The van der Waals surface area contributed by atoms with Crippen LogP contribution in [0.1, 0.15) is 22.8 Å². The zero-order chi connectivity index (χ0) is 15.4. The van der Waals surface area contributed by atoms with E-state index in [1.165, 1.54) is 19.1 Å². The van der Waals surface area contributed by atoms with Crippen LogP contribution in [0.15, 0.2) is 42.5 Å². The number of phenolic OH excluding ortho intramolecular Hbond substituents is 1. The maximum absolute atomic E-state index is 11.9. The van der Waals surface area contributed by atoms with Gasteiger partial charge in [-0.3, -0.25) is 9.59 Å². The van der Waals surface area contributed by atoms with Gasteiger partial charge in [0.25, 0.3) is 0 Å². The molecular weight excluding hydrogens is 290 g/mol. The number of hydrogen-bond acceptors (Lipinski definition) is 3. The van der Waals surface area contributed by atoms with Gasteiger partial charge in [0.05, 0.1) is 12.0 Å². The third kappa shape index (κ3) is 4.07. The van der Waals surface area contributed by atoms with Gasteiger partial charge in [-0.05, 0) is 42.8 Å². The van der Waals surface area contributed by atoms with Gasteiger partial charge in [0.1, 0.15) is 5.75 Å². The summed E-state index contributed by atoms with van der Waals surface area (Å²) in [6.07, 6.45) is 0.202. The van der Waals surface area contributed by atoms with Crippen LogP contribution >= 0.6 is 11.6 Å². The molecule has 21 heavy (non-hydrogen) atoms. The topological polar surface area (TPSA) is 66.4 Å². The smallest absolute Gasteiger partial charge is 0.228 e. The Hall–Kier alpha value is -2.33. The zero-order valence-electron chi connectivity index (χ0n) is 11.4. The number of halogens is 1. The summed E-state index contributed by atoms with van der Waals surface area (Å²) >= 11 is 5.78. The Labute approximate surface area is 127 Å². The summed E-state index contributed by atoms with van der Waals surface area (Å²) in [5, 5.41) is 12.9. The van der Waals surface area contributed by atoms with E-state index < -0.39 is 0 Å². The van der Waals surface area contributed by atoms with E-state index in [4.69, 9.17) is 11.6 Å². The number of ketones is 1.